The Labute approximate surface area is 107 Å². The molecule has 3 heteroatoms. The highest BCUT2D eigenvalue weighted by Gasteiger charge is 2.19. The van der Waals surface area contributed by atoms with Gasteiger partial charge in [-0.2, -0.15) is 0 Å². The van der Waals surface area contributed by atoms with Crippen molar-refractivity contribution in [3.63, 3.8) is 0 Å². The topological polar surface area (TPSA) is 46.5 Å². The van der Waals surface area contributed by atoms with Crippen molar-refractivity contribution in [2.24, 2.45) is 0 Å². The molecule has 1 aromatic carbocycles. The molecule has 2 rings (SSSR count). The zero-order valence-corrected chi connectivity index (χ0v) is 10.6. The molecule has 0 bridgehead atoms. The van der Waals surface area contributed by atoms with Gasteiger partial charge in [-0.05, 0) is 49.0 Å². The highest BCUT2D eigenvalue weighted by molar-refractivity contribution is 5.93. The van der Waals surface area contributed by atoms with Gasteiger partial charge in [-0.15, -0.1) is 0 Å². The number of aliphatic hydroxyl groups excluding tert-OH is 1. The molecule has 0 amide bonds. The number of esters is 1. The maximum atomic E-state index is 11.9. The highest BCUT2D eigenvalue weighted by Crippen LogP contribution is 2.31. The maximum Gasteiger partial charge on any atom is 0.338 e. The number of allylic oxidation sites excluding steroid dienone is 1. The van der Waals surface area contributed by atoms with Crippen molar-refractivity contribution in [2.75, 3.05) is 13.2 Å². The molecule has 1 aromatic rings. The van der Waals surface area contributed by atoms with Crippen molar-refractivity contribution in [3.8, 4) is 0 Å². The summed E-state index contributed by atoms with van der Waals surface area (Å²) in [5, 5.41) is 9.07. The molecule has 1 N–H and O–H groups in total. The minimum atomic E-state index is -0.250. The monoisotopic (exact) mass is 246 g/mol. The summed E-state index contributed by atoms with van der Waals surface area (Å²) in [5.41, 5.74) is 3.94. The Bertz CT molecular complexity index is 475. The van der Waals surface area contributed by atoms with E-state index in [2.05, 4.69) is 6.08 Å². The van der Waals surface area contributed by atoms with Gasteiger partial charge >= 0.3 is 5.97 Å². The van der Waals surface area contributed by atoms with Crippen LogP contribution in [0.3, 0.4) is 0 Å². The molecule has 0 saturated carbocycles. The quantitative estimate of drug-likeness (QED) is 0.830. The third-order valence-electron chi connectivity index (χ3n) is 3.18. The van der Waals surface area contributed by atoms with Crippen LogP contribution < -0.4 is 0 Å². The van der Waals surface area contributed by atoms with E-state index in [9.17, 15) is 4.79 Å². The number of carbonyl (C=O) groups excluding carboxylic acids is 1. The fraction of sp³-hybridized carbons (Fsp3) is 0.400. The summed E-state index contributed by atoms with van der Waals surface area (Å²) in [7, 11) is 0. The molecule has 0 unspecified atom stereocenters. The molecular weight excluding hydrogens is 228 g/mol. The summed E-state index contributed by atoms with van der Waals surface area (Å²) >= 11 is 0. The van der Waals surface area contributed by atoms with Crippen molar-refractivity contribution < 1.29 is 14.6 Å². The van der Waals surface area contributed by atoms with Gasteiger partial charge in [0.2, 0.25) is 0 Å². The van der Waals surface area contributed by atoms with Crippen LogP contribution in [0.4, 0.5) is 0 Å². The Balaban J connectivity index is 2.39. The summed E-state index contributed by atoms with van der Waals surface area (Å²) in [6.07, 6.45) is 4.56. The van der Waals surface area contributed by atoms with Crippen LogP contribution >= 0.6 is 0 Å². The van der Waals surface area contributed by atoms with E-state index in [4.69, 9.17) is 9.84 Å². The number of ether oxygens (including phenoxy) is 1. The summed E-state index contributed by atoms with van der Waals surface area (Å²) < 4.78 is 5.08. The van der Waals surface area contributed by atoms with E-state index in [0.717, 1.165) is 29.5 Å². The molecule has 3 nitrogen and oxygen atoms in total. The van der Waals surface area contributed by atoms with Crippen molar-refractivity contribution >= 4 is 11.5 Å². The first kappa shape index (κ1) is 12.8. The van der Waals surface area contributed by atoms with E-state index in [1.165, 1.54) is 0 Å². The fourth-order valence-corrected chi connectivity index (χ4v) is 2.41. The van der Waals surface area contributed by atoms with E-state index < -0.39 is 0 Å². The van der Waals surface area contributed by atoms with Crippen molar-refractivity contribution in [2.45, 2.75) is 26.2 Å². The van der Waals surface area contributed by atoms with Crippen LogP contribution in [0.2, 0.25) is 0 Å². The van der Waals surface area contributed by atoms with Crippen LogP contribution in [-0.2, 0) is 11.2 Å². The lowest BCUT2D eigenvalue weighted by molar-refractivity contribution is 0.0525. The molecule has 0 atom stereocenters. The van der Waals surface area contributed by atoms with Gasteiger partial charge in [0.05, 0.1) is 12.2 Å². The Morgan fingerprint density at radius 3 is 3.00 bits per heavy atom. The molecule has 0 saturated heterocycles. The Morgan fingerprint density at radius 2 is 2.28 bits per heavy atom. The Morgan fingerprint density at radius 1 is 1.44 bits per heavy atom. The van der Waals surface area contributed by atoms with Gasteiger partial charge in [-0.1, -0.05) is 18.2 Å². The number of hydrogen-bond acceptors (Lipinski definition) is 3. The molecule has 18 heavy (non-hydrogen) atoms. The Hall–Kier alpha value is -1.61. The second-order valence-corrected chi connectivity index (χ2v) is 4.29. The van der Waals surface area contributed by atoms with E-state index in [1.54, 1.807) is 0 Å². The zero-order chi connectivity index (χ0) is 13.0. The first-order chi connectivity index (χ1) is 8.77. The zero-order valence-electron chi connectivity index (χ0n) is 10.6. The third-order valence-corrected chi connectivity index (χ3v) is 3.18. The molecule has 0 spiro atoms. The summed E-state index contributed by atoms with van der Waals surface area (Å²) in [6, 6.07) is 5.71. The van der Waals surface area contributed by atoms with Crippen LogP contribution in [0.5, 0.6) is 0 Å². The van der Waals surface area contributed by atoms with Gasteiger partial charge in [0.1, 0.15) is 0 Å². The lowest BCUT2D eigenvalue weighted by atomic mass is 9.86. The maximum absolute atomic E-state index is 11.9. The summed E-state index contributed by atoms with van der Waals surface area (Å²) in [6.45, 7) is 2.33. The molecule has 0 fully saturated rings. The lowest BCUT2D eigenvalue weighted by Crippen LogP contribution is -2.12. The van der Waals surface area contributed by atoms with Gasteiger partial charge in [-0.3, -0.25) is 0 Å². The minimum absolute atomic E-state index is 0.134. The normalized spacial score (nSPS) is 13.8. The van der Waals surface area contributed by atoms with Crippen LogP contribution in [0.25, 0.3) is 5.57 Å². The number of fused-ring (bicyclic) bond motifs is 1. The van der Waals surface area contributed by atoms with Crippen molar-refractivity contribution in [1.29, 1.82) is 0 Å². The fourth-order valence-electron chi connectivity index (χ4n) is 2.41. The SMILES string of the molecule is CCOC(=O)c1cccc2c1CCC=C2CCO. The molecule has 96 valence electrons. The predicted molar refractivity (Wildman–Crippen MR) is 70.4 cm³/mol. The molecule has 0 radical (unpaired) electrons. The van der Waals surface area contributed by atoms with Gasteiger partial charge in [-0.25, -0.2) is 4.79 Å². The first-order valence-corrected chi connectivity index (χ1v) is 6.37. The van der Waals surface area contributed by atoms with Gasteiger partial charge in [0, 0.05) is 6.61 Å². The largest absolute Gasteiger partial charge is 0.462 e. The van der Waals surface area contributed by atoms with Gasteiger partial charge in [0.25, 0.3) is 0 Å². The standard InChI is InChI=1S/C15H18O3/c1-2-18-15(17)14-8-4-6-12-11(9-10-16)5-3-7-13(12)14/h4-6,8,16H,2-3,7,9-10H2,1H3. The average Bonchev–Trinajstić information content (AvgIpc) is 2.39. The number of aliphatic hydroxyl groups is 1. The van der Waals surface area contributed by atoms with E-state index >= 15 is 0 Å². The molecular formula is C15H18O3. The summed E-state index contributed by atoms with van der Waals surface area (Å²) in [5.74, 6) is -0.250. The van der Waals surface area contributed by atoms with Crippen LogP contribution in [-0.4, -0.2) is 24.3 Å². The number of rotatable bonds is 4. The van der Waals surface area contributed by atoms with Gasteiger partial charge < -0.3 is 9.84 Å². The summed E-state index contributed by atoms with van der Waals surface area (Å²) in [4.78, 5) is 11.9. The second-order valence-electron chi connectivity index (χ2n) is 4.29. The predicted octanol–water partition coefficient (Wildman–Crippen LogP) is 2.58. The molecule has 0 heterocycles. The molecule has 0 aromatic heterocycles. The van der Waals surface area contributed by atoms with Crippen molar-refractivity contribution in [1.82, 2.24) is 0 Å². The minimum Gasteiger partial charge on any atom is -0.462 e. The van der Waals surface area contributed by atoms with Crippen LogP contribution in [0.1, 0.15) is 41.3 Å². The van der Waals surface area contributed by atoms with Crippen LogP contribution in [0.15, 0.2) is 24.3 Å². The number of hydrogen-bond donors (Lipinski definition) is 1. The van der Waals surface area contributed by atoms with E-state index in [1.807, 2.05) is 25.1 Å². The molecule has 0 aliphatic heterocycles. The number of carbonyl (C=O) groups is 1. The van der Waals surface area contributed by atoms with E-state index in [0.29, 0.717) is 18.6 Å². The molecule has 1 aliphatic rings. The van der Waals surface area contributed by atoms with Gasteiger partial charge in [0.15, 0.2) is 0 Å². The van der Waals surface area contributed by atoms with Crippen LogP contribution in [0, 0.1) is 0 Å². The van der Waals surface area contributed by atoms with E-state index in [-0.39, 0.29) is 12.6 Å². The lowest BCUT2D eigenvalue weighted by Gasteiger charge is -2.19. The average molecular weight is 246 g/mol. The Kier molecular flexibility index (Phi) is 4.15. The smallest absolute Gasteiger partial charge is 0.338 e. The van der Waals surface area contributed by atoms with Crippen molar-refractivity contribution in [3.05, 3.63) is 41.0 Å². The third kappa shape index (κ3) is 2.46. The number of benzene rings is 1. The highest BCUT2D eigenvalue weighted by atomic mass is 16.5. The molecule has 1 aliphatic carbocycles. The second kappa shape index (κ2) is 5.83. The first-order valence-electron chi connectivity index (χ1n) is 6.37.